The largest absolute Gasteiger partial charge is 0.480 e. The summed E-state index contributed by atoms with van der Waals surface area (Å²) in [6.07, 6.45) is 9.99. The van der Waals surface area contributed by atoms with Crippen LogP contribution in [-0.4, -0.2) is 92.4 Å². The van der Waals surface area contributed by atoms with Crippen LogP contribution in [0.5, 0.6) is 5.88 Å². The van der Waals surface area contributed by atoms with Crippen molar-refractivity contribution in [2.24, 2.45) is 0 Å². The topological polar surface area (TPSA) is 185 Å². The summed E-state index contributed by atoms with van der Waals surface area (Å²) in [6, 6.07) is 6.91. The molecule has 0 saturated carbocycles. The quantitative estimate of drug-likeness (QED) is 0.0281. The fraction of sp³-hybridized carbons (Fsp3) is 0.281. The maximum atomic E-state index is 13.0. The second kappa shape index (κ2) is 17.5. The zero-order valence-electron chi connectivity index (χ0n) is 28.0. The number of fused-ring (bicyclic) bond motifs is 5. The summed E-state index contributed by atoms with van der Waals surface area (Å²) in [5, 5.41) is 1.53. The van der Waals surface area contributed by atoms with E-state index in [9.17, 15) is 24.0 Å². The van der Waals surface area contributed by atoms with Gasteiger partial charge in [-0.05, 0) is 51.0 Å². The molecule has 0 aliphatic carbocycles. The third kappa shape index (κ3) is 7.82. The van der Waals surface area contributed by atoms with E-state index < -0.39 is 28.7 Å². The summed E-state index contributed by atoms with van der Waals surface area (Å²) < 4.78 is 17.4. The number of H-pyrrole nitrogens is 1. The molecular formula is C32H32N6O8S4. The zero-order valence-corrected chi connectivity index (χ0v) is 31.3. The van der Waals surface area contributed by atoms with E-state index in [1.54, 1.807) is 55.0 Å². The number of nitrogens with zero attached hydrogens (tertiary/aromatic N) is 5. The number of carbonyl (C=O) groups excluding carboxylic acids is 3. The van der Waals surface area contributed by atoms with Gasteiger partial charge in [0.15, 0.2) is 16.0 Å². The van der Waals surface area contributed by atoms with Crippen molar-refractivity contribution in [3.63, 3.8) is 0 Å². The molecule has 5 rings (SSSR count). The molecule has 0 saturated heterocycles. The van der Waals surface area contributed by atoms with Crippen molar-refractivity contribution in [2.75, 3.05) is 45.3 Å². The monoisotopic (exact) mass is 756 g/mol. The van der Waals surface area contributed by atoms with Crippen LogP contribution in [-0.2, 0) is 14.3 Å². The normalized spacial score (nSPS) is 10.8. The Kier molecular flexibility index (Phi) is 13.5. The average Bonchev–Trinajstić information content (AvgIpc) is 3.13. The molecule has 0 atom stereocenters. The Hall–Kier alpha value is -4.39. The Morgan fingerprint density at radius 2 is 1.50 bits per heavy atom. The standard InChI is InChI=1S/C18H14N4O4S.C14H18N2O4S3/c1-3-26-17(25)12-13(23)10-8-19-18(27-2)21-14(10)22-11-7-5-4-6-9(11)16(24)20-15(12)22;1-6-20-12(18)9(13(21-3)22-4)10(17)8-7-15-14(23-5)16-11(8)19-2/h4-8H,3H2,1-2H3,(H,20,24);7H,6H2,1-5H3. The Morgan fingerprint density at radius 1 is 0.860 bits per heavy atom. The first-order valence-corrected chi connectivity index (χ1v) is 19.6. The van der Waals surface area contributed by atoms with Crippen LogP contribution in [0.15, 0.2) is 66.4 Å². The van der Waals surface area contributed by atoms with Crippen molar-refractivity contribution < 1.29 is 28.6 Å². The summed E-state index contributed by atoms with van der Waals surface area (Å²) in [5.41, 5.74) is -0.226. The highest BCUT2D eigenvalue weighted by atomic mass is 32.2. The third-order valence-electron chi connectivity index (χ3n) is 6.81. The minimum absolute atomic E-state index is 0.0225. The highest BCUT2D eigenvalue weighted by molar-refractivity contribution is 8.21. The summed E-state index contributed by atoms with van der Waals surface area (Å²) >= 11 is 5.28. The molecule has 0 fully saturated rings. The number of hydrogen-bond donors (Lipinski definition) is 1. The van der Waals surface area contributed by atoms with Crippen LogP contribution in [0.25, 0.3) is 27.6 Å². The third-order valence-corrected chi connectivity index (χ3v) is 10.1. The Balaban J connectivity index is 0.000000229. The first-order chi connectivity index (χ1) is 24.1. The number of ketones is 1. The van der Waals surface area contributed by atoms with Crippen LogP contribution < -0.4 is 15.7 Å². The number of rotatable bonds is 11. The number of hydrogen-bond acceptors (Lipinski definition) is 16. The fourth-order valence-corrected chi connectivity index (χ4v) is 6.78. The minimum atomic E-state index is -0.804. The van der Waals surface area contributed by atoms with Crippen molar-refractivity contribution in [3.05, 3.63) is 78.2 Å². The average molecular weight is 757 g/mol. The molecule has 4 heterocycles. The van der Waals surface area contributed by atoms with E-state index in [0.717, 1.165) is 0 Å². The van der Waals surface area contributed by atoms with Crippen LogP contribution in [0.4, 0.5) is 0 Å². The number of nitrogens with one attached hydrogen (secondary N) is 1. The lowest BCUT2D eigenvalue weighted by Gasteiger charge is -2.13. The van der Waals surface area contributed by atoms with E-state index in [1.807, 2.05) is 12.5 Å². The first kappa shape index (κ1) is 38.4. The molecule has 0 amide bonds. The lowest BCUT2D eigenvalue weighted by atomic mass is 10.1. The van der Waals surface area contributed by atoms with Gasteiger partial charge in [-0.3, -0.25) is 18.8 Å². The fourth-order valence-electron chi connectivity index (χ4n) is 4.68. The minimum Gasteiger partial charge on any atom is -0.480 e. The second-order valence-corrected chi connectivity index (χ2v) is 13.0. The number of aromatic nitrogens is 6. The highest BCUT2D eigenvalue weighted by Crippen LogP contribution is 2.32. The molecule has 14 nitrogen and oxygen atoms in total. The van der Waals surface area contributed by atoms with E-state index in [-0.39, 0.29) is 46.8 Å². The summed E-state index contributed by atoms with van der Waals surface area (Å²) in [5.74, 6) is -1.83. The van der Waals surface area contributed by atoms with E-state index in [4.69, 9.17) is 14.2 Å². The molecular weight excluding hydrogens is 725 g/mol. The smallest absolute Gasteiger partial charge is 0.345 e. The van der Waals surface area contributed by atoms with Crippen molar-refractivity contribution in [3.8, 4) is 5.88 Å². The molecule has 50 heavy (non-hydrogen) atoms. The maximum Gasteiger partial charge on any atom is 0.345 e. The number of methoxy groups -OCH3 is 1. The number of esters is 2. The van der Waals surface area contributed by atoms with Gasteiger partial charge in [-0.15, -0.1) is 23.5 Å². The van der Waals surface area contributed by atoms with Gasteiger partial charge in [-0.2, -0.15) is 4.98 Å². The van der Waals surface area contributed by atoms with Crippen LogP contribution in [0.1, 0.15) is 34.6 Å². The van der Waals surface area contributed by atoms with Gasteiger partial charge in [0.1, 0.15) is 22.3 Å². The van der Waals surface area contributed by atoms with Crippen LogP contribution in [0.2, 0.25) is 0 Å². The second-order valence-electron chi connectivity index (χ2n) is 9.57. The number of aromatic amines is 1. The van der Waals surface area contributed by atoms with Crippen molar-refractivity contribution in [2.45, 2.75) is 24.2 Å². The Labute approximate surface area is 302 Å². The Morgan fingerprint density at radius 3 is 2.12 bits per heavy atom. The van der Waals surface area contributed by atoms with Gasteiger partial charge in [-0.1, -0.05) is 35.7 Å². The molecule has 4 aromatic heterocycles. The van der Waals surface area contributed by atoms with Crippen molar-refractivity contribution >= 4 is 92.4 Å². The maximum absolute atomic E-state index is 13.0. The van der Waals surface area contributed by atoms with Gasteiger partial charge in [0.05, 0.1) is 40.8 Å². The van der Waals surface area contributed by atoms with Crippen LogP contribution >= 0.6 is 47.0 Å². The van der Waals surface area contributed by atoms with E-state index >= 15 is 0 Å². The molecule has 1 N–H and O–H groups in total. The summed E-state index contributed by atoms with van der Waals surface area (Å²) in [7, 11) is 1.42. The molecule has 0 spiro atoms. The lowest BCUT2D eigenvalue weighted by Crippen LogP contribution is -2.24. The number of ether oxygens (including phenoxy) is 3. The predicted molar refractivity (Wildman–Crippen MR) is 198 cm³/mol. The van der Waals surface area contributed by atoms with Gasteiger partial charge in [0.2, 0.25) is 17.1 Å². The number of pyridine rings is 1. The van der Waals surface area contributed by atoms with Crippen molar-refractivity contribution in [1.82, 2.24) is 29.3 Å². The summed E-state index contributed by atoms with van der Waals surface area (Å²) in [4.78, 5) is 82.6. The first-order valence-electron chi connectivity index (χ1n) is 14.7. The number of para-hydroxylation sites is 1. The molecule has 18 heteroatoms. The number of thioether (sulfide) groups is 4. The van der Waals surface area contributed by atoms with Gasteiger partial charge < -0.3 is 19.2 Å². The van der Waals surface area contributed by atoms with Crippen LogP contribution in [0.3, 0.4) is 0 Å². The van der Waals surface area contributed by atoms with Crippen molar-refractivity contribution in [1.29, 1.82) is 0 Å². The SMILES string of the molecule is CCOC(=O)C(C(=O)c1cnc(SC)nc1OC)=C(SC)SC.CCOC(=O)c1c(=O)c2cnc(SC)nc2n2c1[nH]c(=O)c1ccccc12. The highest BCUT2D eigenvalue weighted by Gasteiger charge is 2.29. The molecule has 0 bridgehead atoms. The van der Waals surface area contributed by atoms with Gasteiger partial charge >= 0.3 is 11.9 Å². The molecule has 262 valence electrons. The number of Topliss-reactive ketones (excluding diaryl/α,β-unsaturated/α-hetero) is 1. The molecule has 1 aromatic carbocycles. The van der Waals surface area contributed by atoms with Gasteiger partial charge in [0, 0.05) is 12.4 Å². The molecule has 0 unspecified atom stereocenters. The van der Waals surface area contributed by atoms with E-state index in [0.29, 0.717) is 31.1 Å². The number of carbonyl (C=O) groups is 3. The predicted octanol–water partition coefficient (Wildman–Crippen LogP) is 4.87. The molecule has 0 radical (unpaired) electrons. The van der Waals surface area contributed by atoms with Gasteiger partial charge in [0.25, 0.3) is 5.56 Å². The zero-order chi connectivity index (χ0) is 36.5. The van der Waals surface area contributed by atoms with E-state index in [1.165, 1.54) is 66.6 Å². The molecule has 5 aromatic rings. The van der Waals surface area contributed by atoms with E-state index in [2.05, 4.69) is 24.9 Å². The van der Waals surface area contributed by atoms with Gasteiger partial charge in [-0.25, -0.2) is 24.5 Å². The summed E-state index contributed by atoms with van der Waals surface area (Å²) in [6.45, 7) is 3.62. The Bertz CT molecular complexity index is 2250. The molecule has 0 aliphatic heterocycles. The number of benzene rings is 1. The lowest BCUT2D eigenvalue weighted by molar-refractivity contribution is -0.138. The molecule has 0 aliphatic rings. The van der Waals surface area contributed by atoms with Crippen LogP contribution in [0, 0.1) is 0 Å².